The Hall–Kier alpha value is -1.74. The average Bonchev–Trinajstić information content (AvgIpc) is 3.17. The second-order valence-corrected chi connectivity index (χ2v) is 13.3. The van der Waals surface area contributed by atoms with Gasteiger partial charge in [-0.1, -0.05) is 46.9 Å². The fourth-order valence-electron chi connectivity index (χ4n) is 8.13. The highest BCUT2D eigenvalue weighted by Gasteiger charge is 2.50. The average molecular weight is 555 g/mol. The van der Waals surface area contributed by atoms with E-state index in [0.29, 0.717) is 32.7 Å². The van der Waals surface area contributed by atoms with Gasteiger partial charge >= 0.3 is 0 Å². The van der Waals surface area contributed by atoms with Crippen molar-refractivity contribution >= 4 is 40.6 Å². The van der Waals surface area contributed by atoms with Gasteiger partial charge in [-0.15, -0.1) is 0 Å². The van der Waals surface area contributed by atoms with Gasteiger partial charge < -0.3 is 4.57 Å². The van der Waals surface area contributed by atoms with Crippen LogP contribution in [0.5, 0.6) is 0 Å². The van der Waals surface area contributed by atoms with E-state index < -0.39 is 0 Å². The van der Waals surface area contributed by atoms with Crippen molar-refractivity contribution in [2.45, 2.75) is 71.1 Å². The fourth-order valence-corrected chi connectivity index (χ4v) is 8.76. The molecule has 0 atom stereocenters. The van der Waals surface area contributed by atoms with Crippen molar-refractivity contribution < 1.29 is 4.79 Å². The monoisotopic (exact) mass is 553 g/mol. The van der Waals surface area contributed by atoms with Crippen LogP contribution >= 0.6 is 34.8 Å². The number of hydrogen-bond donors (Lipinski definition) is 0. The van der Waals surface area contributed by atoms with E-state index in [-0.39, 0.29) is 0 Å². The van der Waals surface area contributed by atoms with Gasteiger partial charge in [-0.05, 0) is 128 Å². The summed E-state index contributed by atoms with van der Waals surface area (Å²) in [5, 5.41) is 1.90. The number of benzene rings is 2. The van der Waals surface area contributed by atoms with Gasteiger partial charge in [0.15, 0.2) is 0 Å². The van der Waals surface area contributed by atoms with Crippen LogP contribution in [0.4, 0.5) is 0 Å². The molecule has 0 aliphatic heterocycles. The minimum Gasteiger partial charge on any atom is -0.315 e. The van der Waals surface area contributed by atoms with Crippen molar-refractivity contribution in [3.63, 3.8) is 0 Å². The van der Waals surface area contributed by atoms with Crippen molar-refractivity contribution in [2.24, 2.45) is 23.2 Å². The largest absolute Gasteiger partial charge is 0.315 e. The number of halogens is 3. The number of carbonyl (C=O) groups excluding carboxylic acids is 1. The maximum atomic E-state index is 13.1. The molecule has 4 bridgehead atoms. The molecule has 4 aliphatic rings. The summed E-state index contributed by atoms with van der Waals surface area (Å²) in [6, 6.07) is 13.5. The van der Waals surface area contributed by atoms with Gasteiger partial charge in [-0.3, -0.25) is 4.79 Å². The second-order valence-electron chi connectivity index (χ2n) is 12.1. The van der Waals surface area contributed by atoms with E-state index >= 15 is 0 Å². The van der Waals surface area contributed by atoms with Crippen LogP contribution in [0, 0.1) is 30.1 Å². The van der Waals surface area contributed by atoms with Crippen LogP contribution in [0.15, 0.2) is 48.7 Å². The number of aryl methyl sites for hydroxylation is 1. The normalized spacial score (nSPS) is 26.1. The molecule has 0 amide bonds. The fraction of sp³-hybridized carbons (Fsp3) is 0.469. The van der Waals surface area contributed by atoms with E-state index in [0.717, 1.165) is 54.0 Å². The van der Waals surface area contributed by atoms with Gasteiger partial charge in [-0.25, -0.2) is 0 Å². The predicted octanol–water partition coefficient (Wildman–Crippen LogP) is 9.91. The first-order valence-electron chi connectivity index (χ1n) is 13.7. The molecule has 4 fully saturated rings. The molecule has 2 aromatic carbocycles. The van der Waals surface area contributed by atoms with E-state index in [1.165, 1.54) is 49.7 Å². The zero-order valence-corrected chi connectivity index (χ0v) is 23.7. The van der Waals surface area contributed by atoms with Gasteiger partial charge in [0.05, 0.1) is 16.4 Å². The van der Waals surface area contributed by atoms with E-state index in [9.17, 15) is 4.79 Å². The molecule has 0 radical (unpaired) electrons. The first kappa shape index (κ1) is 25.5. The summed E-state index contributed by atoms with van der Waals surface area (Å²) in [6.45, 7) is 2.14. The summed E-state index contributed by atoms with van der Waals surface area (Å²) in [5.74, 6) is 3.22. The molecule has 0 saturated heterocycles. The van der Waals surface area contributed by atoms with Gasteiger partial charge in [0.2, 0.25) is 0 Å². The van der Waals surface area contributed by atoms with Crippen molar-refractivity contribution in [3.8, 4) is 16.9 Å². The first-order chi connectivity index (χ1) is 17.8. The smallest absolute Gasteiger partial charge is 0.133 e. The lowest BCUT2D eigenvalue weighted by atomic mass is 9.48. The minimum absolute atomic E-state index is 0.403. The summed E-state index contributed by atoms with van der Waals surface area (Å²) >= 11 is 19.0. The first-order valence-corrected chi connectivity index (χ1v) is 14.9. The highest BCUT2D eigenvalue weighted by Crippen LogP contribution is 2.61. The number of ketones is 1. The molecule has 1 aromatic heterocycles. The molecular formula is C32H34Cl3NO. The third-order valence-electron chi connectivity index (χ3n) is 9.42. The predicted molar refractivity (Wildman–Crippen MR) is 154 cm³/mol. The summed E-state index contributed by atoms with van der Waals surface area (Å²) in [4.78, 5) is 13.1. The van der Waals surface area contributed by atoms with E-state index in [4.69, 9.17) is 34.8 Å². The molecule has 7 rings (SSSR count). The van der Waals surface area contributed by atoms with E-state index in [2.05, 4.69) is 17.7 Å². The topological polar surface area (TPSA) is 22.0 Å². The Morgan fingerprint density at radius 2 is 1.51 bits per heavy atom. The van der Waals surface area contributed by atoms with Crippen LogP contribution in [-0.2, 0) is 11.2 Å². The zero-order valence-electron chi connectivity index (χ0n) is 21.4. The second kappa shape index (κ2) is 10.1. The molecule has 5 heteroatoms. The lowest BCUT2D eigenvalue weighted by molar-refractivity contribution is -0.121. The molecule has 2 nitrogen and oxygen atoms in total. The van der Waals surface area contributed by atoms with Crippen LogP contribution in [-0.4, -0.2) is 10.4 Å². The van der Waals surface area contributed by atoms with Gasteiger partial charge in [-0.2, -0.15) is 0 Å². The molecule has 3 aromatic rings. The summed E-state index contributed by atoms with van der Waals surface area (Å²) in [7, 11) is 0. The van der Waals surface area contributed by atoms with Crippen molar-refractivity contribution in [1.82, 2.24) is 4.57 Å². The SMILES string of the molecule is Cc1c(CCC(=O)CCC23CC4CC(CC(C4)C2)C3)cn(-c2ccc(Cl)cc2Cl)c1-c1ccc(Cl)cc1. The lowest BCUT2D eigenvalue weighted by Crippen LogP contribution is -2.46. The van der Waals surface area contributed by atoms with E-state index in [1.54, 1.807) is 6.07 Å². The molecular weight excluding hydrogens is 521 g/mol. The number of hydrogen-bond acceptors (Lipinski definition) is 1. The number of nitrogens with zero attached hydrogens (tertiary/aromatic N) is 1. The highest BCUT2D eigenvalue weighted by atomic mass is 35.5. The molecule has 0 unspecified atom stereocenters. The molecule has 194 valence electrons. The lowest BCUT2D eigenvalue weighted by Gasteiger charge is -2.57. The van der Waals surface area contributed by atoms with E-state index in [1.807, 2.05) is 36.4 Å². The molecule has 0 N–H and O–H groups in total. The standard InChI is InChI=1S/C32H34Cl3NO/c1-20-25(4-8-28(37)10-11-32-16-21-12-22(17-32)14-23(13-21)18-32)19-36(30-9-7-27(34)15-29(30)35)31(20)24-2-5-26(33)6-3-24/h2-3,5-7,9,15,19,21-23H,4,8,10-14,16-18H2,1H3. The number of carbonyl (C=O) groups is 1. The van der Waals surface area contributed by atoms with Gasteiger partial charge in [0, 0.05) is 29.1 Å². The van der Waals surface area contributed by atoms with Gasteiger partial charge in [0.1, 0.15) is 5.78 Å². The molecule has 1 heterocycles. The summed E-state index contributed by atoms with van der Waals surface area (Å²) in [6.07, 6.45) is 13.8. The van der Waals surface area contributed by atoms with Crippen LogP contribution in [0.1, 0.15) is 68.9 Å². The third kappa shape index (κ3) is 5.14. The molecule has 0 spiro atoms. The summed E-state index contributed by atoms with van der Waals surface area (Å²) < 4.78 is 2.13. The number of aromatic nitrogens is 1. The Morgan fingerprint density at radius 1 is 0.892 bits per heavy atom. The Morgan fingerprint density at radius 3 is 2.14 bits per heavy atom. The maximum Gasteiger partial charge on any atom is 0.133 e. The Balaban J connectivity index is 1.20. The van der Waals surface area contributed by atoms with Crippen LogP contribution < -0.4 is 0 Å². The highest BCUT2D eigenvalue weighted by molar-refractivity contribution is 6.35. The van der Waals surface area contributed by atoms with Crippen molar-refractivity contribution in [1.29, 1.82) is 0 Å². The molecule has 4 saturated carbocycles. The van der Waals surface area contributed by atoms with Crippen molar-refractivity contribution in [3.05, 3.63) is 74.9 Å². The van der Waals surface area contributed by atoms with Crippen LogP contribution in [0.25, 0.3) is 16.9 Å². The Bertz CT molecular complexity index is 1290. The van der Waals surface area contributed by atoms with Gasteiger partial charge in [0.25, 0.3) is 0 Å². The summed E-state index contributed by atoms with van der Waals surface area (Å²) in [5.41, 5.74) is 5.82. The molecule has 4 aliphatic carbocycles. The maximum absolute atomic E-state index is 13.1. The van der Waals surface area contributed by atoms with Crippen LogP contribution in [0.3, 0.4) is 0 Å². The quantitative estimate of drug-likeness (QED) is 0.271. The third-order valence-corrected chi connectivity index (χ3v) is 10.2. The Labute approximate surface area is 235 Å². The number of rotatable bonds is 8. The van der Waals surface area contributed by atoms with Crippen molar-refractivity contribution in [2.75, 3.05) is 0 Å². The van der Waals surface area contributed by atoms with Crippen LogP contribution in [0.2, 0.25) is 15.1 Å². The number of Topliss-reactive ketones (excluding diaryl/α,β-unsaturated/α-hetero) is 1. The minimum atomic E-state index is 0.403. The molecule has 37 heavy (non-hydrogen) atoms. The zero-order chi connectivity index (χ0) is 25.7. The Kier molecular flexibility index (Phi) is 6.97.